The molecule has 2 fully saturated rings. The molecule has 2 bridgehead atoms. The first-order valence-corrected chi connectivity index (χ1v) is 9.61. The van der Waals surface area contributed by atoms with Crippen LogP contribution in [0.25, 0.3) is 0 Å². The maximum atomic E-state index is 12.8. The highest BCUT2D eigenvalue weighted by Gasteiger charge is 2.39. The Morgan fingerprint density at radius 2 is 2.05 bits per heavy atom. The molecule has 2 saturated heterocycles. The van der Waals surface area contributed by atoms with Gasteiger partial charge in [0.1, 0.15) is 4.21 Å². The zero-order chi connectivity index (χ0) is 15.2. The van der Waals surface area contributed by atoms with E-state index in [1.807, 2.05) is 6.92 Å². The van der Waals surface area contributed by atoms with E-state index < -0.39 is 10.0 Å². The SMILES string of the molecule is Cc1cc(S(=O)(=O)N2CCC3CCC(C2)N3C)sc1CO. The Bertz CT molecular complexity index is 626. The predicted molar refractivity (Wildman–Crippen MR) is 82.9 cm³/mol. The molecule has 1 aromatic rings. The van der Waals surface area contributed by atoms with Crippen LogP contribution in [0.1, 0.15) is 29.7 Å². The largest absolute Gasteiger partial charge is 0.391 e. The van der Waals surface area contributed by atoms with Gasteiger partial charge in [-0.15, -0.1) is 11.3 Å². The van der Waals surface area contributed by atoms with Crippen LogP contribution in [0.3, 0.4) is 0 Å². The summed E-state index contributed by atoms with van der Waals surface area (Å²) in [5, 5.41) is 9.27. The van der Waals surface area contributed by atoms with Gasteiger partial charge in [0.05, 0.1) is 6.61 Å². The highest BCUT2D eigenvalue weighted by molar-refractivity contribution is 7.91. The Kier molecular flexibility index (Phi) is 4.13. The minimum Gasteiger partial charge on any atom is -0.391 e. The van der Waals surface area contributed by atoms with Gasteiger partial charge in [-0.05, 0) is 44.9 Å². The van der Waals surface area contributed by atoms with Crippen LogP contribution in [0.5, 0.6) is 0 Å². The van der Waals surface area contributed by atoms with Crippen molar-refractivity contribution in [3.63, 3.8) is 0 Å². The molecule has 3 heterocycles. The Hall–Kier alpha value is -0.470. The summed E-state index contributed by atoms with van der Waals surface area (Å²) in [6, 6.07) is 2.55. The quantitative estimate of drug-likeness (QED) is 0.910. The fourth-order valence-electron chi connectivity index (χ4n) is 3.40. The lowest BCUT2D eigenvalue weighted by atomic mass is 10.1. The van der Waals surface area contributed by atoms with E-state index in [4.69, 9.17) is 0 Å². The van der Waals surface area contributed by atoms with E-state index in [0.29, 0.717) is 29.4 Å². The van der Waals surface area contributed by atoms with Gasteiger partial charge >= 0.3 is 0 Å². The number of nitrogens with zero attached hydrogens (tertiary/aromatic N) is 2. The Morgan fingerprint density at radius 1 is 1.33 bits per heavy atom. The van der Waals surface area contributed by atoms with Gasteiger partial charge in [0, 0.05) is 30.1 Å². The molecule has 118 valence electrons. The third kappa shape index (κ3) is 2.66. The van der Waals surface area contributed by atoms with Crippen molar-refractivity contribution in [1.29, 1.82) is 0 Å². The number of hydrogen-bond acceptors (Lipinski definition) is 5. The molecule has 0 radical (unpaired) electrons. The summed E-state index contributed by atoms with van der Waals surface area (Å²) in [6.07, 6.45) is 3.17. The van der Waals surface area contributed by atoms with Crippen molar-refractivity contribution in [3.8, 4) is 0 Å². The van der Waals surface area contributed by atoms with Crippen LogP contribution in [0, 0.1) is 6.92 Å². The topological polar surface area (TPSA) is 60.9 Å². The van der Waals surface area contributed by atoms with Crippen LogP contribution in [0.4, 0.5) is 0 Å². The van der Waals surface area contributed by atoms with Crippen molar-refractivity contribution in [2.45, 2.75) is 49.1 Å². The second kappa shape index (κ2) is 5.62. The maximum absolute atomic E-state index is 12.8. The standard InChI is InChI=1S/C14H22N2O3S2/c1-10-7-14(20-13(10)9-17)21(18,19)16-6-5-11-3-4-12(8-16)15(11)2/h7,11-12,17H,3-6,8-9H2,1-2H3. The van der Waals surface area contributed by atoms with Gasteiger partial charge in [-0.1, -0.05) is 0 Å². The lowest BCUT2D eigenvalue weighted by molar-refractivity contribution is 0.247. The number of likely N-dealkylation sites (N-methyl/N-ethyl adjacent to an activating group) is 1. The minimum atomic E-state index is -3.43. The molecule has 1 aromatic heterocycles. The van der Waals surface area contributed by atoms with Gasteiger partial charge in [-0.2, -0.15) is 4.31 Å². The second-order valence-corrected chi connectivity index (χ2v) is 9.33. The molecule has 1 N–H and O–H groups in total. The summed E-state index contributed by atoms with van der Waals surface area (Å²) >= 11 is 1.19. The number of aliphatic hydroxyl groups excluding tert-OH is 1. The summed E-state index contributed by atoms with van der Waals surface area (Å²) in [5.41, 5.74) is 0.856. The lowest BCUT2D eigenvalue weighted by Crippen LogP contribution is -2.39. The maximum Gasteiger partial charge on any atom is 0.252 e. The number of hydrogen-bond donors (Lipinski definition) is 1. The van der Waals surface area contributed by atoms with Crippen molar-refractivity contribution in [2.24, 2.45) is 0 Å². The number of aryl methyl sites for hydroxylation is 1. The average Bonchev–Trinajstić information content (AvgIpc) is 2.90. The zero-order valence-electron chi connectivity index (χ0n) is 12.4. The molecule has 3 rings (SSSR count). The molecular formula is C14H22N2O3S2. The molecule has 21 heavy (non-hydrogen) atoms. The molecule has 0 aromatic carbocycles. The van der Waals surface area contributed by atoms with Crippen LogP contribution in [0.2, 0.25) is 0 Å². The summed E-state index contributed by atoms with van der Waals surface area (Å²) in [5.74, 6) is 0. The monoisotopic (exact) mass is 330 g/mol. The van der Waals surface area contributed by atoms with Gasteiger partial charge in [0.2, 0.25) is 0 Å². The van der Waals surface area contributed by atoms with Crippen LogP contribution in [-0.2, 0) is 16.6 Å². The van der Waals surface area contributed by atoms with Gasteiger partial charge in [0.25, 0.3) is 10.0 Å². The zero-order valence-corrected chi connectivity index (χ0v) is 14.1. The summed E-state index contributed by atoms with van der Waals surface area (Å²) in [7, 11) is -1.32. The molecule has 2 aliphatic heterocycles. The van der Waals surface area contributed by atoms with E-state index in [1.165, 1.54) is 17.8 Å². The second-order valence-electron chi connectivity index (χ2n) is 6.03. The van der Waals surface area contributed by atoms with Gasteiger partial charge < -0.3 is 5.11 Å². The predicted octanol–water partition coefficient (Wildman–Crippen LogP) is 1.41. The smallest absolute Gasteiger partial charge is 0.252 e. The summed E-state index contributed by atoms with van der Waals surface area (Å²) < 4.78 is 27.7. The molecule has 5 nitrogen and oxygen atoms in total. The molecular weight excluding hydrogens is 308 g/mol. The van der Waals surface area contributed by atoms with E-state index in [0.717, 1.165) is 23.3 Å². The molecule has 2 unspecified atom stereocenters. The molecule has 7 heteroatoms. The molecule has 2 aliphatic rings. The third-order valence-electron chi connectivity index (χ3n) is 4.85. The molecule has 0 spiro atoms. The third-order valence-corrected chi connectivity index (χ3v) is 8.38. The van der Waals surface area contributed by atoms with Crippen LogP contribution >= 0.6 is 11.3 Å². The Balaban J connectivity index is 1.87. The average molecular weight is 330 g/mol. The van der Waals surface area contributed by atoms with Gasteiger partial charge in [-0.3, -0.25) is 4.90 Å². The first kappa shape index (κ1) is 15.4. The number of thiophene rings is 1. The van der Waals surface area contributed by atoms with E-state index >= 15 is 0 Å². The Labute approximate surface area is 130 Å². The van der Waals surface area contributed by atoms with E-state index in [-0.39, 0.29) is 6.61 Å². The van der Waals surface area contributed by atoms with Crippen LogP contribution < -0.4 is 0 Å². The minimum absolute atomic E-state index is 0.0978. The van der Waals surface area contributed by atoms with E-state index in [2.05, 4.69) is 11.9 Å². The highest BCUT2D eigenvalue weighted by Crippen LogP contribution is 2.33. The lowest BCUT2D eigenvalue weighted by Gasteiger charge is -2.24. The number of fused-ring (bicyclic) bond motifs is 2. The summed E-state index contributed by atoms with van der Waals surface area (Å²) in [4.78, 5) is 3.08. The van der Waals surface area contributed by atoms with E-state index in [9.17, 15) is 13.5 Å². The van der Waals surface area contributed by atoms with Gasteiger partial charge in [-0.25, -0.2) is 8.42 Å². The normalized spacial score (nSPS) is 28.0. The van der Waals surface area contributed by atoms with Crippen LogP contribution in [0.15, 0.2) is 10.3 Å². The fraction of sp³-hybridized carbons (Fsp3) is 0.714. The molecule has 0 saturated carbocycles. The fourth-order valence-corrected chi connectivity index (χ4v) is 6.49. The van der Waals surface area contributed by atoms with Gasteiger partial charge in [0.15, 0.2) is 0 Å². The molecule has 2 atom stereocenters. The van der Waals surface area contributed by atoms with Crippen molar-refractivity contribution in [3.05, 3.63) is 16.5 Å². The number of sulfonamides is 1. The Morgan fingerprint density at radius 3 is 2.71 bits per heavy atom. The van der Waals surface area contributed by atoms with Crippen molar-refractivity contribution in [1.82, 2.24) is 9.21 Å². The first-order valence-electron chi connectivity index (χ1n) is 7.35. The number of rotatable bonds is 3. The first-order chi connectivity index (χ1) is 9.93. The van der Waals surface area contributed by atoms with Crippen LogP contribution in [-0.4, -0.2) is 55.0 Å². The van der Waals surface area contributed by atoms with Crippen molar-refractivity contribution >= 4 is 21.4 Å². The summed E-state index contributed by atoms with van der Waals surface area (Å²) in [6.45, 7) is 2.93. The van der Waals surface area contributed by atoms with E-state index in [1.54, 1.807) is 10.4 Å². The molecule has 0 amide bonds. The van der Waals surface area contributed by atoms with Crippen molar-refractivity contribution < 1.29 is 13.5 Å². The highest BCUT2D eigenvalue weighted by atomic mass is 32.2. The van der Waals surface area contributed by atoms with Crippen molar-refractivity contribution in [2.75, 3.05) is 20.1 Å². The number of aliphatic hydroxyl groups is 1. The molecule has 0 aliphatic carbocycles.